The number of ether oxygens (including phenoxy) is 3. The van der Waals surface area contributed by atoms with Crippen LogP contribution in [-0.2, 0) is 11.4 Å². The molecule has 3 aromatic carbocycles. The van der Waals surface area contributed by atoms with Gasteiger partial charge in [0, 0.05) is 17.3 Å². The molecule has 6 nitrogen and oxygen atoms in total. The monoisotopic (exact) mass is 544 g/mol. The van der Waals surface area contributed by atoms with Gasteiger partial charge in [0.05, 0.1) is 19.1 Å². The molecular weight excluding hydrogens is 508 g/mol. The fourth-order valence-electron chi connectivity index (χ4n) is 5.33. The van der Waals surface area contributed by atoms with Gasteiger partial charge in [-0.2, -0.15) is 0 Å². The van der Waals surface area contributed by atoms with Crippen molar-refractivity contribution >= 4 is 29.4 Å². The number of hydrogen-bond donors (Lipinski definition) is 1. The Morgan fingerprint density at radius 3 is 2.41 bits per heavy atom. The van der Waals surface area contributed by atoms with Crippen molar-refractivity contribution in [2.45, 2.75) is 50.8 Å². The molecule has 1 heterocycles. The van der Waals surface area contributed by atoms with Gasteiger partial charge < -0.3 is 24.4 Å². The number of nitrogens with zero attached hydrogens (tertiary/aromatic N) is 1. The van der Waals surface area contributed by atoms with Crippen LogP contribution in [0.4, 0.5) is 5.69 Å². The minimum atomic E-state index is -0.128. The topological polar surface area (TPSA) is 60.0 Å². The molecule has 3 atom stereocenters. The molecule has 0 spiro atoms. The first-order valence-corrected chi connectivity index (χ1v) is 14.4. The molecule has 1 aliphatic carbocycles. The first-order valence-electron chi connectivity index (χ1n) is 13.5. The fourth-order valence-corrected chi connectivity index (χ4v) is 6.55. The maximum atomic E-state index is 13.7. The van der Waals surface area contributed by atoms with E-state index >= 15 is 0 Å². The normalized spacial score (nSPS) is 22.1. The molecule has 2 fully saturated rings. The zero-order valence-corrected chi connectivity index (χ0v) is 23.6. The highest BCUT2D eigenvalue weighted by Crippen LogP contribution is 2.42. The van der Waals surface area contributed by atoms with Crippen LogP contribution in [0.1, 0.15) is 43.7 Å². The van der Waals surface area contributed by atoms with E-state index in [0.29, 0.717) is 12.5 Å². The number of amides is 1. The third-order valence-electron chi connectivity index (χ3n) is 7.48. The van der Waals surface area contributed by atoms with Crippen LogP contribution in [0.15, 0.2) is 77.7 Å². The molecule has 204 valence electrons. The summed E-state index contributed by atoms with van der Waals surface area (Å²) in [5.74, 6) is 2.85. The lowest BCUT2D eigenvalue weighted by Crippen LogP contribution is -2.48. The van der Waals surface area contributed by atoms with Gasteiger partial charge in [-0.3, -0.25) is 4.79 Å². The van der Waals surface area contributed by atoms with Crippen LogP contribution in [0.25, 0.3) is 6.08 Å². The van der Waals surface area contributed by atoms with Gasteiger partial charge in [0.1, 0.15) is 23.9 Å². The second-order valence-electron chi connectivity index (χ2n) is 10.1. The van der Waals surface area contributed by atoms with Crippen molar-refractivity contribution in [1.29, 1.82) is 0 Å². The molecule has 39 heavy (non-hydrogen) atoms. The van der Waals surface area contributed by atoms with E-state index in [9.17, 15) is 4.79 Å². The van der Waals surface area contributed by atoms with Gasteiger partial charge in [0.25, 0.3) is 5.91 Å². The van der Waals surface area contributed by atoms with Crippen LogP contribution in [0.5, 0.6) is 17.2 Å². The Labute approximate surface area is 235 Å². The van der Waals surface area contributed by atoms with E-state index in [1.54, 1.807) is 26.0 Å². The molecular formula is C32H36N2O4S. The van der Waals surface area contributed by atoms with Crippen molar-refractivity contribution in [1.82, 2.24) is 4.90 Å². The molecule has 5 rings (SSSR count). The molecule has 1 aliphatic heterocycles. The van der Waals surface area contributed by atoms with E-state index in [1.165, 1.54) is 19.3 Å². The predicted molar refractivity (Wildman–Crippen MR) is 158 cm³/mol. The van der Waals surface area contributed by atoms with Crippen LogP contribution in [0, 0.1) is 5.92 Å². The molecule has 2 aliphatic rings. The largest absolute Gasteiger partial charge is 0.497 e. The third kappa shape index (κ3) is 6.36. The summed E-state index contributed by atoms with van der Waals surface area (Å²) in [4.78, 5) is 16.6. The van der Waals surface area contributed by atoms with Gasteiger partial charge in [-0.15, -0.1) is 0 Å². The third-order valence-corrected chi connectivity index (χ3v) is 8.60. The van der Waals surface area contributed by atoms with Crippen LogP contribution in [0.2, 0.25) is 0 Å². The molecule has 0 radical (unpaired) electrons. The zero-order chi connectivity index (χ0) is 27.2. The number of carbonyl (C=O) groups excluding carboxylic acids is 1. The Kier molecular flexibility index (Phi) is 8.67. The van der Waals surface area contributed by atoms with E-state index < -0.39 is 0 Å². The van der Waals surface area contributed by atoms with E-state index in [1.807, 2.05) is 66.7 Å². The van der Waals surface area contributed by atoms with E-state index in [2.05, 4.69) is 29.3 Å². The molecule has 7 heteroatoms. The van der Waals surface area contributed by atoms with Crippen molar-refractivity contribution in [3.63, 3.8) is 0 Å². The highest BCUT2D eigenvalue weighted by molar-refractivity contribution is 8.05. The molecule has 1 amide bonds. The Morgan fingerprint density at radius 1 is 0.949 bits per heavy atom. The van der Waals surface area contributed by atoms with Gasteiger partial charge in [-0.05, 0) is 72.9 Å². The van der Waals surface area contributed by atoms with Gasteiger partial charge >= 0.3 is 0 Å². The molecule has 3 aromatic rings. The lowest BCUT2D eigenvalue weighted by atomic mass is 9.85. The summed E-state index contributed by atoms with van der Waals surface area (Å²) in [6.07, 6.45) is 6.63. The van der Waals surface area contributed by atoms with Gasteiger partial charge in [0.15, 0.2) is 5.50 Å². The van der Waals surface area contributed by atoms with Crippen LogP contribution < -0.4 is 19.5 Å². The molecule has 0 bridgehead atoms. The van der Waals surface area contributed by atoms with Crippen molar-refractivity contribution in [3.05, 3.63) is 88.8 Å². The number of anilines is 1. The van der Waals surface area contributed by atoms with Gasteiger partial charge in [-0.25, -0.2) is 0 Å². The van der Waals surface area contributed by atoms with E-state index in [0.717, 1.165) is 45.4 Å². The van der Waals surface area contributed by atoms with E-state index in [-0.39, 0.29) is 17.4 Å². The first kappa shape index (κ1) is 27.0. The summed E-state index contributed by atoms with van der Waals surface area (Å²) >= 11 is 1.60. The minimum Gasteiger partial charge on any atom is -0.497 e. The number of hydrogen-bond acceptors (Lipinski definition) is 6. The molecule has 1 unspecified atom stereocenters. The van der Waals surface area contributed by atoms with Crippen LogP contribution in [-0.4, -0.2) is 36.6 Å². The summed E-state index contributed by atoms with van der Waals surface area (Å²) in [5, 5.41) is 3.60. The minimum absolute atomic E-state index is 0.109. The Balaban J connectivity index is 1.31. The average Bonchev–Trinajstić information content (AvgIpc) is 3.26. The summed E-state index contributed by atoms with van der Waals surface area (Å²) < 4.78 is 16.8. The standard InChI is InChI=1S/C32H36N2O4S/c1-22-9-7-8-12-28(22)34-31(35)30(39-32(34)33-25-10-5-4-6-11-25)19-23-13-15-26(16-14-23)38-21-24-20-27(36-2)17-18-29(24)37-3/h4-6,10-11,13-20,22,28,32-33H,7-9,12,21H2,1-3H3/b30-19-/t22-,28-,32?/m0/s1. The van der Waals surface area contributed by atoms with Gasteiger partial charge in [-0.1, -0.05) is 61.9 Å². The SMILES string of the molecule is COc1ccc(OC)c(COc2ccc(/C=C3\SC(Nc4ccccc4)N([C@H]4CCCC[C@@H]4C)C3=O)cc2)c1. The number of methoxy groups -OCH3 is 2. The average molecular weight is 545 g/mol. The lowest BCUT2D eigenvalue weighted by Gasteiger charge is -2.39. The maximum absolute atomic E-state index is 13.7. The summed E-state index contributed by atoms with van der Waals surface area (Å²) in [7, 11) is 3.29. The predicted octanol–water partition coefficient (Wildman–Crippen LogP) is 7.17. The van der Waals surface area contributed by atoms with E-state index in [4.69, 9.17) is 14.2 Å². The molecule has 1 N–H and O–H groups in total. The van der Waals surface area contributed by atoms with Crippen LogP contribution in [0.3, 0.4) is 0 Å². The summed E-state index contributed by atoms with van der Waals surface area (Å²) in [6.45, 7) is 2.64. The van der Waals surface area contributed by atoms with Crippen molar-refractivity contribution in [2.24, 2.45) is 5.92 Å². The summed E-state index contributed by atoms with van der Waals surface area (Å²) in [6, 6.07) is 23.9. The quantitative estimate of drug-likeness (QED) is 0.288. The van der Waals surface area contributed by atoms with Gasteiger partial charge in [0.2, 0.25) is 0 Å². The first-order chi connectivity index (χ1) is 19.1. The van der Waals surface area contributed by atoms with Crippen molar-refractivity contribution in [3.8, 4) is 17.2 Å². The Bertz CT molecular complexity index is 1300. The highest BCUT2D eigenvalue weighted by Gasteiger charge is 2.42. The zero-order valence-electron chi connectivity index (χ0n) is 22.8. The summed E-state index contributed by atoms with van der Waals surface area (Å²) in [5.41, 5.74) is 2.77. The second-order valence-corrected chi connectivity index (χ2v) is 11.2. The maximum Gasteiger partial charge on any atom is 0.262 e. The molecule has 1 saturated heterocycles. The number of carbonyl (C=O) groups is 1. The lowest BCUT2D eigenvalue weighted by molar-refractivity contribution is -0.129. The number of benzene rings is 3. The smallest absolute Gasteiger partial charge is 0.262 e. The van der Waals surface area contributed by atoms with Crippen molar-refractivity contribution in [2.75, 3.05) is 19.5 Å². The Hall–Kier alpha value is -3.58. The van der Waals surface area contributed by atoms with Crippen molar-refractivity contribution < 1.29 is 19.0 Å². The molecule has 1 saturated carbocycles. The fraction of sp³-hybridized carbons (Fsp3) is 0.344. The number of thioether (sulfide) groups is 1. The number of rotatable bonds is 9. The Morgan fingerprint density at radius 2 is 1.69 bits per heavy atom. The highest BCUT2D eigenvalue weighted by atomic mass is 32.2. The second kappa shape index (κ2) is 12.5. The number of nitrogens with one attached hydrogen (secondary N) is 1. The molecule has 0 aromatic heterocycles. The van der Waals surface area contributed by atoms with Crippen LogP contribution >= 0.6 is 11.8 Å². The number of para-hydroxylation sites is 1.